The van der Waals surface area contributed by atoms with E-state index in [1.54, 1.807) is 0 Å². The van der Waals surface area contributed by atoms with Crippen LogP contribution < -0.4 is 0 Å². The van der Waals surface area contributed by atoms with Gasteiger partial charge >= 0.3 is 0 Å². The maximum absolute atomic E-state index is 9.24. The van der Waals surface area contributed by atoms with Crippen molar-refractivity contribution in [1.82, 2.24) is 0 Å². The Labute approximate surface area is 63.4 Å². The van der Waals surface area contributed by atoms with Gasteiger partial charge in [-0.3, -0.25) is 0 Å². The Morgan fingerprint density at radius 3 is 2.60 bits per heavy atom. The molecule has 60 valence electrons. The molecule has 10 heavy (non-hydrogen) atoms. The van der Waals surface area contributed by atoms with Crippen molar-refractivity contribution in [3.05, 3.63) is 0 Å². The first-order valence-electron chi connectivity index (χ1n) is 4.42. The third kappa shape index (κ3) is 1.72. The maximum atomic E-state index is 9.24. The van der Waals surface area contributed by atoms with Gasteiger partial charge in [-0.15, -0.1) is 0 Å². The number of hydrogen-bond donors (Lipinski definition) is 1. The minimum Gasteiger partial charge on any atom is -0.393 e. The molecular weight excluding hydrogens is 124 g/mol. The first kappa shape index (κ1) is 8.06. The van der Waals surface area contributed by atoms with Gasteiger partial charge in [0.15, 0.2) is 0 Å². The second-order valence-corrected chi connectivity index (χ2v) is 3.61. The Balaban J connectivity index is 2.29. The number of aliphatic hydroxyl groups is 1. The van der Waals surface area contributed by atoms with E-state index in [1.165, 1.54) is 12.8 Å². The molecule has 0 aromatic carbocycles. The lowest BCUT2D eigenvalue weighted by atomic mass is 9.91. The van der Waals surface area contributed by atoms with Crippen LogP contribution in [0.25, 0.3) is 0 Å². The molecule has 0 spiro atoms. The summed E-state index contributed by atoms with van der Waals surface area (Å²) in [6, 6.07) is 0. The molecule has 0 aromatic heterocycles. The van der Waals surface area contributed by atoms with Gasteiger partial charge < -0.3 is 5.11 Å². The van der Waals surface area contributed by atoms with Crippen molar-refractivity contribution < 1.29 is 5.11 Å². The quantitative estimate of drug-likeness (QED) is 0.626. The van der Waals surface area contributed by atoms with Crippen LogP contribution in [0.5, 0.6) is 0 Å². The highest BCUT2D eigenvalue weighted by Gasteiger charge is 2.25. The third-order valence-electron chi connectivity index (χ3n) is 2.89. The van der Waals surface area contributed by atoms with Crippen LogP contribution in [0, 0.1) is 11.8 Å². The van der Waals surface area contributed by atoms with Gasteiger partial charge in [-0.25, -0.2) is 0 Å². The molecule has 1 fully saturated rings. The first-order chi connectivity index (χ1) is 4.74. The predicted octanol–water partition coefficient (Wildman–Crippen LogP) is 2.19. The average molecular weight is 142 g/mol. The molecule has 1 nitrogen and oxygen atoms in total. The van der Waals surface area contributed by atoms with E-state index < -0.39 is 0 Å². The Morgan fingerprint density at radius 2 is 2.20 bits per heavy atom. The topological polar surface area (TPSA) is 20.2 Å². The van der Waals surface area contributed by atoms with Crippen molar-refractivity contribution in [2.45, 2.75) is 45.6 Å². The fourth-order valence-electron chi connectivity index (χ4n) is 1.84. The highest BCUT2D eigenvalue weighted by molar-refractivity contribution is 4.77. The van der Waals surface area contributed by atoms with E-state index in [0.29, 0.717) is 0 Å². The molecule has 1 N–H and O–H groups in total. The SMILES string of the molecule is CCC(C)C1CCC(O)C1. The van der Waals surface area contributed by atoms with Gasteiger partial charge in [-0.1, -0.05) is 20.3 Å². The summed E-state index contributed by atoms with van der Waals surface area (Å²) in [6.07, 6.45) is 4.61. The monoisotopic (exact) mass is 142 g/mol. The summed E-state index contributed by atoms with van der Waals surface area (Å²) in [7, 11) is 0. The van der Waals surface area contributed by atoms with Gasteiger partial charge in [0.2, 0.25) is 0 Å². The molecule has 0 radical (unpaired) electrons. The molecule has 1 heteroatoms. The van der Waals surface area contributed by atoms with E-state index in [9.17, 15) is 5.11 Å². The smallest absolute Gasteiger partial charge is 0.0543 e. The summed E-state index contributed by atoms with van der Waals surface area (Å²) in [6.45, 7) is 4.53. The second-order valence-electron chi connectivity index (χ2n) is 3.61. The van der Waals surface area contributed by atoms with Crippen molar-refractivity contribution in [2.24, 2.45) is 11.8 Å². The molecule has 0 bridgehead atoms. The molecule has 1 saturated carbocycles. The van der Waals surface area contributed by atoms with Crippen LogP contribution in [0.15, 0.2) is 0 Å². The summed E-state index contributed by atoms with van der Waals surface area (Å²) in [5.41, 5.74) is 0. The predicted molar refractivity (Wildman–Crippen MR) is 42.8 cm³/mol. The van der Waals surface area contributed by atoms with Crippen LogP contribution in [-0.2, 0) is 0 Å². The van der Waals surface area contributed by atoms with Crippen molar-refractivity contribution in [1.29, 1.82) is 0 Å². The normalized spacial score (nSPS) is 36.3. The maximum Gasteiger partial charge on any atom is 0.0543 e. The minimum absolute atomic E-state index is 0.0130. The van der Waals surface area contributed by atoms with E-state index in [1.807, 2.05) is 0 Å². The van der Waals surface area contributed by atoms with Crippen LogP contribution in [0.4, 0.5) is 0 Å². The third-order valence-corrected chi connectivity index (χ3v) is 2.89. The van der Waals surface area contributed by atoms with Gasteiger partial charge in [0.1, 0.15) is 0 Å². The molecule has 0 aromatic rings. The van der Waals surface area contributed by atoms with Crippen LogP contribution in [0.2, 0.25) is 0 Å². The van der Waals surface area contributed by atoms with Gasteiger partial charge in [0.25, 0.3) is 0 Å². The van der Waals surface area contributed by atoms with E-state index in [-0.39, 0.29) is 6.10 Å². The van der Waals surface area contributed by atoms with Crippen molar-refractivity contribution in [3.8, 4) is 0 Å². The largest absolute Gasteiger partial charge is 0.393 e. The Morgan fingerprint density at radius 1 is 1.50 bits per heavy atom. The van der Waals surface area contributed by atoms with Crippen molar-refractivity contribution in [3.63, 3.8) is 0 Å². The van der Waals surface area contributed by atoms with Crippen LogP contribution in [0.1, 0.15) is 39.5 Å². The lowest BCUT2D eigenvalue weighted by Gasteiger charge is -2.15. The molecule has 3 atom stereocenters. The second kappa shape index (κ2) is 3.38. The van der Waals surface area contributed by atoms with Gasteiger partial charge in [0, 0.05) is 0 Å². The van der Waals surface area contributed by atoms with E-state index in [2.05, 4.69) is 13.8 Å². The Kier molecular flexibility index (Phi) is 2.72. The van der Waals surface area contributed by atoms with Gasteiger partial charge in [0.05, 0.1) is 6.10 Å². The van der Waals surface area contributed by atoms with Gasteiger partial charge in [-0.2, -0.15) is 0 Å². The van der Waals surface area contributed by atoms with E-state index in [4.69, 9.17) is 0 Å². The minimum atomic E-state index is 0.0130. The summed E-state index contributed by atoms with van der Waals surface area (Å²) in [5.74, 6) is 1.62. The lowest BCUT2D eigenvalue weighted by Crippen LogP contribution is -2.08. The van der Waals surface area contributed by atoms with Gasteiger partial charge in [-0.05, 0) is 31.1 Å². The highest BCUT2D eigenvalue weighted by atomic mass is 16.3. The fraction of sp³-hybridized carbons (Fsp3) is 1.00. The molecule has 1 aliphatic carbocycles. The molecule has 0 aliphatic heterocycles. The summed E-state index contributed by atoms with van der Waals surface area (Å²) >= 11 is 0. The summed E-state index contributed by atoms with van der Waals surface area (Å²) in [5, 5.41) is 9.24. The van der Waals surface area contributed by atoms with E-state index >= 15 is 0 Å². The first-order valence-corrected chi connectivity index (χ1v) is 4.42. The Bertz CT molecular complexity index is 101. The fourth-order valence-corrected chi connectivity index (χ4v) is 1.84. The molecule has 0 amide bonds. The molecule has 0 saturated heterocycles. The molecule has 1 aliphatic rings. The zero-order chi connectivity index (χ0) is 7.56. The number of rotatable bonds is 2. The van der Waals surface area contributed by atoms with Crippen LogP contribution in [-0.4, -0.2) is 11.2 Å². The van der Waals surface area contributed by atoms with Crippen molar-refractivity contribution >= 4 is 0 Å². The average Bonchev–Trinajstić information content (AvgIpc) is 2.34. The molecule has 3 unspecified atom stereocenters. The molecular formula is C9H18O. The summed E-state index contributed by atoms with van der Waals surface area (Å²) < 4.78 is 0. The van der Waals surface area contributed by atoms with Crippen molar-refractivity contribution in [2.75, 3.05) is 0 Å². The molecule has 1 rings (SSSR count). The number of aliphatic hydroxyl groups excluding tert-OH is 1. The highest BCUT2D eigenvalue weighted by Crippen LogP contribution is 2.32. The standard InChI is InChI=1S/C9H18O/c1-3-7(2)8-4-5-9(10)6-8/h7-10H,3-6H2,1-2H3. The number of hydrogen-bond acceptors (Lipinski definition) is 1. The molecule has 0 heterocycles. The zero-order valence-corrected chi connectivity index (χ0v) is 7.01. The van der Waals surface area contributed by atoms with E-state index in [0.717, 1.165) is 24.7 Å². The lowest BCUT2D eigenvalue weighted by molar-refractivity contribution is 0.171. The Hall–Kier alpha value is -0.0400. The zero-order valence-electron chi connectivity index (χ0n) is 7.01. The van der Waals surface area contributed by atoms with Crippen LogP contribution >= 0.6 is 0 Å². The summed E-state index contributed by atoms with van der Waals surface area (Å²) in [4.78, 5) is 0. The van der Waals surface area contributed by atoms with Crippen LogP contribution in [0.3, 0.4) is 0 Å².